The zero-order valence-corrected chi connectivity index (χ0v) is 36.0. The Kier molecular flexibility index (Phi) is 41.9. The van der Waals surface area contributed by atoms with Gasteiger partial charge in [-0.2, -0.15) is 0 Å². The molecule has 0 aliphatic heterocycles. The van der Waals surface area contributed by atoms with Crippen molar-refractivity contribution < 1.29 is 28.6 Å². The van der Waals surface area contributed by atoms with Gasteiger partial charge in [0.25, 0.3) is 0 Å². The van der Waals surface area contributed by atoms with E-state index in [-0.39, 0.29) is 31.1 Å². The Morgan fingerprint density at radius 1 is 0.370 bits per heavy atom. The van der Waals surface area contributed by atoms with E-state index in [9.17, 15) is 14.4 Å². The summed E-state index contributed by atoms with van der Waals surface area (Å²) in [5.74, 6) is -0.883. The second-order valence-electron chi connectivity index (χ2n) is 15.7. The molecule has 0 heterocycles. The molecule has 0 aliphatic rings. The highest BCUT2D eigenvalue weighted by Gasteiger charge is 2.19. The third-order valence-corrected chi connectivity index (χ3v) is 10.2. The van der Waals surface area contributed by atoms with E-state index in [1.807, 2.05) is 0 Å². The van der Waals surface area contributed by atoms with Gasteiger partial charge in [0.15, 0.2) is 6.10 Å². The summed E-state index contributed by atoms with van der Waals surface area (Å²) in [4.78, 5) is 37.5. The van der Waals surface area contributed by atoms with Gasteiger partial charge in [0.05, 0.1) is 0 Å². The van der Waals surface area contributed by atoms with Gasteiger partial charge in [-0.3, -0.25) is 14.4 Å². The fourth-order valence-electron chi connectivity index (χ4n) is 6.65. The molecule has 316 valence electrons. The molecule has 0 aliphatic carbocycles. The number of unbranched alkanes of at least 4 members (excludes halogenated alkanes) is 27. The van der Waals surface area contributed by atoms with Crippen molar-refractivity contribution in [2.75, 3.05) is 13.2 Å². The van der Waals surface area contributed by atoms with Crippen molar-refractivity contribution in [3.05, 3.63) is 24.3 Å². The van der Waals surface area contributed by atoms with Gasteiger partial charge in [0.2, 0.25) is 0 Å². The van der Waals surface area contributed by atoms with Crippen molar-refractivity contribution in [3.63, 3.8) is 0 Å². The molecule has 1 unspecified atom stereocenters. The maximum absolute atomic E-state index is 12.7. The van der Waals surface area contributed by atoms with Crippen molar-refractivity contribution in [2.24, 2.45) is 0 Å². The maximum Gasteiger partial charge on any atom is 0.306 e. The molecule has 6 nitrogen and oxygen atoms in total. The molecule has 1 atom stereocenters. The fraction of sp³-hybridized carbons (Fsp3) is 0.854. The van der Waals surface area contributed by atoms with Crippen LogP contribution >= 0.6 is 0 Å². The van der Waals surface area contributed by atoms with Gasteiger partial charge in [-0.05, 0) is 51.4 Å². The summed E-state index contributed by atoms with van der Waals surface area (Å²) in [6, 6.07) is 0. The summed E-state index contributed by atoms with van der Waals surface area (Å²) < 4.78 is 16.6. The molecule has 0 saturated carbocycles. The molecular formula is C48H88O6. The quantitative estimate of drug-likeness (QED) is 0.0267. The lowest BCUT2D eigenvalue weighted by Gasteiger charge is -2.18. The highest BCUT2D eigenvalue weighted by atomic mass is 16.6. The first-order chi connectivity index (χ1) is 26.5. The Hall–Kier alpha value is -2.11. The van der Waals surface area contributed by atoms with Crippen LogP contribution in [0.1, 0.15) is 245 Å². The summed E-state index contributed by atoms with van der Waals surface area (Å²) >= 11 is 0. The predicted molar refractivity (Wildman–Crippen MR) is 229 cm³/mol. The van der Waals surface area contributed by atoms with Gasteiger partial charge in [0, 0.05) is 19.3 Å². The summed E-state index contributed by atoms with van der Waals surface area (Å²) in [7, 11) is 0. The predicted octanol–water partition coefficient (Wildman–Crippen LogP) is 14.8. The van der Waals surface area contributed by atoms with Crippen LogP contribution in [0.25, 0.3) is 0 Å². The van der Waals surface area contributed by atoms with Crippen LogP contribution < -0.4 is 0 Å². The number of hydrogen-bond acceptors (Lipinski definition) is 6. The first-order valence-corrected chi connectivity index (χ1v) is 23.3. The van der Waals surface area contributed by atoms with E-state index >= 15 is 0 Å². The van der Waals surface area contributed by atoms with Crippen molar-refractivity contribution in [1.82, 2.24) is 0 Å². The summed E-state index contributed by atoms with van der Waals surface area (Å²) in [5, 5.41) is 0. The molecule has 0 aromatic rings. The van der Waals surface area contributed by atoms with E-state index in [1.165, 1.54) is 135 Å². The zero-order chi connectivity index (χ0) is 39.4. The minimum atomic E-state index is -0.765. The molecule has 0 N–H and O–H groups in total. The summed E-state index contributed by atoms with van der Waals surface area (Å²) in [5.41, 5.74) is 0. The Morgan fingerprint density at radius 2 is 0.667 bits per heavy atom. The molecule has 54 heavy (non-hydrogen) atoms. The molecule has 0 bridgehead atoms. The van der Waals surface area contributed by atoms with E-state index in [1.54, 1.807) is 0 Å². The molecule has 0 fully saturated rings. The van der Waals surface area contributed by atoms with Crippen molar-refractivity contribution in [2.45, 2.75) is 252 Å². The van der Waals surface area contributed by atoms with Gasteiger partial charge >= 0.3 is 17.9 Å². The molecule has 0 aromatic carbocycles. The third kappa shape index (κ3) is 41.1. The first kappa shape index (κ1) is 51.9. The SMILES string of the molecule is CCCCCC/C=C\C/C=C\CCCCCCCCCC(=O)OCC(COC(=O)CCCCCCCC)OC(=O)CCCCCCCCCCCCCC. The Balaban J connectivity index is 4.22. The fourth-order valence-corrected chi connectivity index (χ4v) is 6.65. The molecular weight excluding hydrogens is 673 g/mol. The number of carbonyl (C=O) groups excluding carboxylic acids is 3. The van der Waals surface area contributed by atoms with Crippen LogP contribution in [0.5, 0.6) is 0 Å². The average Bonchev–Trinajstić information content (AvgIpc) is 3.17. The molecule has 0 amide bonds. The molecule has 0 spiro atoms. The number of allylic oxidation sites excluding steroid dienone is 4. The molecule has 0 radical (unpaired) electrons. The van der Waals surface area contributed by atoms with E-state index in [2.05, 4.69) is 45.1 Å². The van der Waals surface area contributed by atoms with Gasteiger partial charge in [0.1, 0.15) is 13.2 Å². The second-order valence-corrected chi connectivity index (χ2v) is 15.7. The van der Waals surface area contributed by atoms with Crippen molar-refractivity contribution in [1.29, 1.82) is 0 Å². The van der Waals surface area contributed by atoms with Gasteiger partial charge in [-0.25, -0.2) is 0 Å². The lowest BCUT2D eigenvalue weighted by Crippen LogP contribution is -2.30. The Morgan fingerprint density at radius 3 is 1.04 bits per heavy atom. The van der Waals surface area contributed by atoms with Crippen LogP contribution in [0, 0.1) is 0 Å². The summed E-state index contributed by atoms with van der Waals surface area (Å²) in [6.07, 6.45) is 47.5. The van der Waals surface area contributed by atoms with E-state index in [4.69, 9.17) is 14.2 Å². The van der Waals surface area contributed by atoms with Crippen LogP contribution in [-0.2, 0) is 28.6 Å². The van der Waals surface area contributed by atoms with E-state index < -0.39 is 6.10 Å². The minimum absolute atomic E-state index is 0.0713. The maximum atomic E-state index is 12.7. The smallest absolute Gasteiger partial charge is 0.306 e. The monoisotopic (exact) mass is 761 g/mol. The largest absolute Gasteiger partial charge is 0.462 e. The Bertz CT molecular complexity index is 880. The van der Waals surface area contributed by atoms with Gasteiger partial charge in [-0.15, -0.1) is 0 Å². The third-order valence-electron chi connectivity index (χ3n) is 10.2. The van der Waals surface area contributed by atoms with Crippen molar-refractivity contribution in [3.8, 4) is 0 Å². The highest BCUT2D eigenvalue weighted by molar-refractivity contribution is 5.71. The molecule has 0 rings (SSSR count). The number of rotatable bonds is 42. The zero-order valence-electron chi connectivity index (χ0n) is 36.0. The van der Waals surface area contributed by atoms with Crippen LogP contribution in [0.3, 0.4) is 0 Å². The average molecular weight is 761 g/mol. The number of hydrogen-bond donors (Lipinski definition) is 0. The topological polar surface area (TPSA) is 78.9 Å². The first-order valence-electron chi connectivity index (χ1n) is 23.3. The van der Waals surface area contributed by atoms with Crippen LogP contribution in [0.4, 0.5) is 0 Å². The van der Waals surface area contributed by atoms with Gasteiger partial charge < -0.3 is 14.2 Å². The molecule has 0 saturated heterocycles. The van der Waals surface area contributed by atoms with Crippen LogP contribution in [0.15, 0.2) is 24.3 Å². The van der Waals surface area contributed by atoms with E-state index in [0.29, 0.717) is 19.3 Å². The lowest BCUT2D eigenvalue weighted by molar-refractivity contribution is -0.167. The van der Waals surface area contributed by atoms with Crippen molar-refractivity contribution >= 4 is 17.9 Å². The van der Waals surface area contributed by atoms with E-state index in [0.717, 1.165) is 70.6 Å². The number of esters is 3. The number of carbonyl (C=O) groups is 3. The normalized spacial score (nSPS) is 12.1. The summed E-state index contributed by atoms with van der Waals surface area (Å²) in [6.45, 7) is 6.56. The van der Waals surface area contributed by atoms with Crippen LogP contribution in [-0.4, -0.2) is 37.2 Å². The van der Waals surface area contributed by atoms with Gasteiger partial charge in [-0.1, -0.05) is 199 Å². The lowest BCUT2D eigenvalue weighted by atomic mass is 10.0. The molecule has 6 heteroatoms. The second kappa shape index (κ2) is 43.6. The number of ether oxygens (including phenoxy) is 3. The molecule has 0 aromatic heterocycles. The minimum Gasteiger partial charge on any atom is -0.462 e. The van der Waals surface area contributed by atoms with Crippen LogP contribution in [0.2, 0.25) is 0 Å². The highest BCUT2D eigenvalue weighted by Crippen LogP contribution is 2.15. The standard InChI is InChI=1S/C48H88O6/c1-4-7-10-13-16-18-20-22-23-24-25-26-27-29-30-32-35-38-41-47(50)53-44-45(43-52-46(49)40-37-34-15-12-9-6-3)54-48(51)42-39-36-33-31-28-21-19-17-14-11-8-5-2/h18,20,23-24,45H,4-17,19,21-22,25-44H2,1-3H3/b20-18-,24-23-. The Labute approximate surface area is 334 Å².